The van der Waals surface area contributed by atoms with E-state index in [4.69, 9.17) is 4.74 Å². The van der Waals surface area contributed by atoms with Gasteiger partial charge in [-0.3, -0.25) is 0 Å². The molecule has 1 nitrogen and oxygen atoms in total. The number of hydrogen-bond acceptors (Lipinski definition) is 1. The maximum Gasteiger partial charge on any atom is 0.119 e. The topological polar surface area (TPSA) is 9.23 Å². The van der Waals surface area contributed by atoms with Crippen LogP contribution >= 0.6 is 15.9 Å². The van der Waals surface area contributed by atoms with E-state index in [0.29, 0.717) is 0 Å². The summed E-state index contributed by atoms with van der Waals surface area (Å²) in [6.45, 7) is 2.84. The van der Waals surface area contributed by atoms with Gasteiger partial charge >= 0.3 is 0 Å². The van der Waals surface area contributed by atoms with Gasteiger partial charge in [0.05, 0.1) is 0 Å². The molecule has 0 amide bonds. The predicted molar refractivity (Wildman–Crippen MR) is 69.7 cm³/mol. The van der Waals surface area contributed by atoms with Crippen LogP contribution in [0.25, 0.3) is 0 Å². The number of aryl methyl sites for hydroxylation is 1. The molecule has 0 spiro atoms. The molecule has 0 aromatic heterocycles. The summed E-state index contributed by atoms with van der Waals surface area (Å²) in [5.41, 5.74) is 2.55. The molecule has 16 heavy (non-hydrogen) atoms. The summed E-state index contributed by atoms with van der Waals surface area (Å²) in [5.74, 6) is 0.986. The summed E-state index contributed by atoms with van der Waals surface area (Å²) in [7, 11) is 0. The molecule has 0 N–H and O–H groups in total. The molecule has 2 aromatic carbocycles. The smallest absolute Gasteiger partial charge is 0.119 e. The van der Waals surface area contributed by atoms with Crippen molar-refractivity contribution in [3.8, 4) is 5.75 Å². The van der Waals surface area contributed by atoms with Crippen LogP contribution in [0.5, 0.6) is 5.75 Å². The van der Waals surface area contributed by atoms with E-state index in [9.17, 15) is 0 Å². The maximum absolute atomic E-state index is 5.18. The van der Waals surface area contributed by atoms with Crippen molar-refractivity contribution in [2.24, 2.45) is 0 Å². The Balaban J connectivity index is 0.000000120. The lowest BCUT2D eigenvalue weighted by Gasteiger charge is -2.11. The van der Waals surface area contributed by atoms with Crippen molar-refractivity contribution in [3.63, 3.8) is 0 Å². The lowest BCUT2D eigenvalue weighted by Crippen LogP contribution is -2.00. The van der Waals surface area contributed by atoms with Gasteiger partial charge in [0.1, 0.15) is 12.4 Å². The van der Waals surface area contributed by atoms with Crippen LogP contribution in [-0.2, 0) is 6.61 Å². The van der Waals surface area contributed by atoms with Crippen molar-refractivity contribution >= 4 is 15.9 Å². The fourth-order valence-corrected chi connectivity index (χ4v) is 1.68. The van der Waals surface area contributed by atoms with E-state index in [1.807, 2.05) is 30.3 Å². The molecule has 0 saturated heterocycles. The first kappa shape index (κ1) is 11.2. The molecular formula is C14H13BrO. The monoisotopic (exact) mass is 276 g/mol. The Morgan fingerprint density at radius 3 is 1.94 bits per heavy atom. The number of benzene rings is 2. The van der Waals surface area contributed by atoms with Gasteiger partial charge in [0.25, 0.3) is 0 Å². The van der Waals surface area contributed by atoms with Crippen LogP contribution < -0.4 is 4.74 Å². The fraction of sp³-hybridized carbons (Fsp3) is 0.143. The molecule has 2 aliphatic rings. The van der Waals surface area contributed by atoms with Crippen molar-refractivity contribution in [3.05, 3.63) is 64.1 Å². The molecule has 0 saturated carbocycles. The van der Waals surface area contributed by atoms with E-state index in [1.165, 1.54) is 15.6 Å². The average Bonchev–Trinajstić information content (AvgIpc) is 2.36. The van der Waals surface area contributed by atoms with E-state index in [0.717, 1.165) is 12.4 Å². The van der Waals surface area contributed by atoms with E-state index < -0.39 is 0 Å². The fourth-order valence-electron chi connectivity index (χ4n) is 1.40. The zero-order valence-corrected chi connectivity index (χ0v) is 10.7. The summed E-state index contributed by atoms with van der Waals surface area (Å²) >= 11 is 3.40. The Labute approximate surface area is 104 Å². The molecule has 2 heterocycles. The summed E-state index contributed by atoms with van der Waals surface area (Å²) in [6, 6.07) is 16.3. The van der Waals surface area contributed by atoms with Gasteiger partial charge < -0.3 is 4.74 Å². The largest absolute Gasteiger partial charge is 0.489 e. The molecular weight excluding hydrogens is 264 g/mol. The van der Waals surface area contributed by atoms with Gasteiger partial charge in [-0.25, -0.2) is 0 Å². The Morgan fingerprint density at radius 2 is 1.69 bits per heavy atom. The van der Waals surface area contributed by atoms with Crippen LogP contribution in [0.4, 0.5) is 0 Å². The van der Waals surface area contributed by atoms with Gasteiger partial charge in [0, 0.05) is 4.47 Å². The molecule has 0 fully saturated rings. The molecule has 2 heteroatoms. The third-order valence-corrected chi connectivity index (χ3v) is 3.30. The number of halogens is 1. The highest BCUT2D eigenvalue weighted by atomic mass is 79.9. The third kappa shape index (κ3) is 2.86. The first-order valence-corrected chi connectivity index (χ1v) is 5.98. The summed E-state index contributed by atoms with van der Waals surface area (Å²) in [4.78, 5) is 0. The van der Waals surface area contributed by atoms with Gasteiger partial charge in [0.15, 0.2) is 0 Å². The van der Waals surface area contributed by atoms with Gasteiger partial charge in [-0.1, -0.05) is 46.3 Å². The summed E-state index contributed by atoms with van der Waals surface area (Å²) < 4.78 is 6.36. The SMILES string of the molecule is Cc1ccccc1Br.c1cc2ccc1CO2. The molecule has 2 aromatic rings. The van der Waals surface area contributed by atoms with Crippen LogP contribution in [-0.4, -0.2) is 0 Å². The lowest BCUT2D eigenvalue weighted by atomic mass is 10.2. The quantitative estimate of drug-likeness (QED) is 0.696. The second kappa shape index (κ2) is 5.17. The second-order valence-corrected chi connectivity index (χ2v) is 4.54. The molecule has 0 radical (unpaired) electrons. The molecule has 0 atom stereocenters. The minimum absolute atomic E-state index is 0.766. The Hall–Kier alpha value is -1.28. The van der Waals surface area contributed by atoms with Crippen LogP contribution in [0.2, 0.25) is 0 Å². The van der Waals surface area contributed by atoms with Crippen LogP contribution in [0, 0.1) is 6.92 Å². The van der Waals surface area contributed by atoms with Gasteiger partial charge in [-0.15, -0.1) is 0 Å². The first-order chi connectivity index (χ1) is 7.75. The van der Waals surface area contributed by atoms with Gasteiger partial charge in [-0.2, -0.15) is 0 Å². The first-order valence-electron chi connectivity index (χ1n) is 5.18. The van der Waals surface area contributed by atoms with Crippen molar-refractivity contribution in [2.45, 2.75) is 13.5 Å². The lowest BCUT2D eigenvalue weighted by molar-refractivity contribution is 0.295. The van der Waals surface area contributed by atoms with Crippen molar-refractivity contribution < 1.29 is 4.74 Å². The Kier molecular flexibility index (Phi) is 3.62. The van der Waals surface area contributed by atoms with Gasteiger partial charge in [-0.05, 0) is 36.2 Å². The van der Waals surface area contributed by atoms with E-state index in [-0.39, 0.29) is 0 Å². The third-order valence-electron chi connectivity index (χ3n) is 2.41. The standard InChI is InChI=1S/C7H7Br.C7H6O/c1-6-4-2-3-5-7(6)8;1-3-7-4-2-6(1)5-8-7/h2-5H,1H3;1-4H,5H2. The number of fused-ring (bicyclic) bond motifs is 3. The highest BCUT2D eigenvalue weighted by molar-refractivity contribution is 9.10. The van der Waals surface area contributed by atoms with E-state index in [1.54, 1.807) is 0 Å². The molecule has 2 aliphatic heterocycles. The van der Waals surface area contributed by atoms with E-state index >= 15 is 0 Å². The molecule has 82 valence electrons. The van der Waals surface area contributed by atoms with Crippen molar-refractivity contribution in [1.82, 2.24) is 0 Å². The van der Waals surface area contributed by atoms with Crippen molar-refractivity contribution in [2.75, 3.05) is 0 Å². The zero-order chi connectivity index (χ0) is 11.4. The highest BCUT2D eigenvalue weighted by Gasteiger charge is 2.01. The van der Waals surface area contributed by atoms with Crippen molar-refractivity contribution in [1.29, 1.82) is 0 Å². The zero-order valence-electron chi connectivity index (χ0n) is 9.11. The molecule has 0 unspecified atom stereocenters. The number of rotatable bonds is 0. The molecule has 0 aliphatic carbocycles. The normalized spacial score (nSPS) is 11.4. The van der Waals surface area contributed by atoms with Gasteiger partial charge in [0.2, 0.25) is 0 Å². The van der Waals surface area contributed by atoms with Crippen LogP contribution in [0.3, 0.4) is 0 Å². The molecule has 2 bridgehead atoms. The van der Waals surface area contributed by atoms with E-state index in [2.05, 4.69) is 41.1 Å². The maximum atomic E-state index is 5.18. The average molecular weight is 277 g/mol. The highest BCUT2D eigenvalue weighted by Crippen LogP contribution is 2.19. The predicted octanol–water partition coefficient (Wildman–Crippen LogP) is 4.34. The Bertz CT molecular complexity index is 418. The molecule has 4 rings (SSSR count). The Morgan fingerprint density at radius 1 is 1.00 bits per heavy atom. The van der Waals surface area contributed by atoms with Crippen LogP contribution in [0.1, 0.15) is 11.1 Å². The minimum Gasteiger partial charge on any atom is -0.489 e. The summed E-state index contributed by atoms with van der Waals surface area (Å²) in [5, 5.41) is 0. The second-order valence-electron chi connectivity index (χ2n) is 3.68. The minimum atomic E-state index is 0.766. The number of hydrogen-bond donors (Lipinski definition) is 0. The summed E-state index contributed by atoms with van der Waals surface area (Å²) in [6.07, 6.45) is 0. The van der Waals surface area contributed by atoms with Crippen LogP contribution in [0.15, 0.2) is 53.0 Å². The number of ether oxygens (including phenoxy) is 1.